The Labute approximate surface area is 126 Å². The number of fused-ring (bicyclic) bond motifs is 1. The molecule has 1 heterocycles. The van der Waals surface area contributed by atoms with E-state index in [1.54, 1.807) is 0 Å². The van der Waals surface area contributed by atoms with Gasteiger partial charge in [-0.2, -0.15) is 0 Å². The highest BCUT2D eigenvalue weighted by Gasteiger charge is 2.29. The Balaban J connectivity index is 1.49. The molecule has 0 atom stereocenters. The molecule has 1 N–H and O–H groups in total. The molecular formula is C18H24N2O. The summed E-state index contributed by atoms with van der Waals surface area (Å²) < 4.78 is 5.83. The quantitative estimate of drug-likeness (QED) is 0.853. The standard InChI is InChI=1S/C18H24N2O/c1-18(2)9-7-13(8-10-18)19-14-5-6-16-15(11-14)20-17(21-16)12-3-4-12/h5-6,11-13,19H,3-4,7-10H2,1-2H3. The van der Waals surface area contributed by atoms with E-state index in [-0.39, 0.29) is 0 Å². The smallest absolute Gasteiger partial charge is 0.198 e. The first-order chi connectivity index (χ1) is 10.1. The molecule has 21 heavy (non-hydrogen) atoms. The number of oxazole rings is 1. The molecular weight excluding hydrogens is 260 g/mol. The van der Waals surface area contributed by atoms with Crippen molar-refractivity contribution >= 4 is 16.8 Å². The molecule has 3 nitrogen and oxygen atoms in total. The van der Waals surface area contributed by atoms with Gasteiger partial charge in [-0.25, -0.2) is 4.98 Å². The van der Waals surface area contributed by atoms with Crippen LogP contribution in [-0.4, -0.2) is 11.0 Å². The minimum Gasteiger partial charge on any atom is -0.440 e. The summed E-state index contributed by atoms with van der Waals surface area (Å²) >= 11 is 0. The summed E-state index contributed by atoms with van der Waals surface area (Å²) in [6.45, 7) is 4.76. The number of anilines is 1. The summed E-state index contributed by atoms with van der Waals surface area (Å²) in [4.78, 5) is 4.64. The van der Waals surface area contributed by atoms with Crippen LogP contribution in [0.3, 0.4) is 0 Å². The fraction of sp³-hybridized carbons (Fsp3) is 0.611. The number of hydrogen-bond acceptors (Lipinski definition) is 3. The maximum atomic E-state index is 5.83. The zero-order valence-electron chi connectivity index (χ0n) is 13.0. The van der Waals surface area contributed by atoms with Crippen LogP contribution in [0.4, 0.5) is 5.69 Å². The second-order valence-corrected chi connectivity index (χ2v) is 7.59. The second kappa shape index (κ2) is 4.75. The van der Waals surface area contributed by atoms with Crippen LogP contribution in [0.15, 0.2) is 22.6 Å². The van der Waals surface area contributed by atoms with Crippen LogP contribution in [-0.2, 0) is 0 Å². The summed E-state index contributed by atoms with van der Waals surface area (Å²) in [5, 5.41) is 3.68. The summed E-state index contributed by atoms with van der Waals surface area (Å²) in [7, 11) is 0. The Morgan fingerprint density at radius 3 is 2.62 bits per heavy atom. The van der Waals surface area contributed by atoms with Gasteiger partial charge in [0.25, 0.3) is 0 Å². The summed E-state index contributed by atoms with van der Waals surface area (Å²) in [5.74, 6) is 1.51. The van der Waals surface area contributed by atoms with E-state index in [1.165, 1.54) is 44.2 Å². The van der Waals surface area contributed by atoms with Crippen LogP contribution < -0.4 is 5.32 Å². The summed E-state index contributed by atoms with van der Waals surface area (Å²) in [6, 6.07) is 6.93. The lowest BCUT2D eigenvalue weighted by atomic mass is 9.75. The van der Waals surface area contributed by atoms with Crippen LogP contribution in [0.2, 0.25) is 0 Å². The van der Waals surface area contributed by atoms with Crippen molar-refractivity contribution in [2.75, 3.05) is 5.32 Å². The zero-order chi connectivity index (χ0) is 14.4. The van der Waals surface area contributed by atoms with E-state index >= 15 is 0 Å². The molecule has 2 aliphatic rings. The SMILES string of the molecule is CC1(C)CCC(Nc2ccc3oc(C4CC4)nc3c2)CC1. The molecule has 4 rings (SSSR count). The lowest BCUT2D eigenvalue weighted by Gasteiger charge is -2.35. The van der Waals surface area contributed by atoms with Gasteiger partial charge in [0.1, 0.15) is 5.52 Å². The molecule has 112 valence electrons. The van der Waals surface area contributed by atoms with E-state index in [0.29, 0.717) is 17.4 Å². The molecule has 2 fully saturated rings. The molecule has 0 aliphatic heterocycles. The molecule has 0 saturated heterocycles. The average molecular weight is 284 g/mol. The minimum absolute atomic E-state index is 0.521. The Kier molecular flexibility index (Phi) is 2.98. The maximum absolute atomic E-state index is 5.83. The molecule has 0 spiro atoms. The predicted molar refractivity (Wildman–Crippen MR) is 85.6 cm³/mol. The molecule has 2 saturated carbocycles. The van der Waals surface area contributed by atoms with Crippen LogP contribution >= 0.6 is 0 Å². The van der Waals surface area contributed by atoms with Gasteiger partial charge in [-0.05, 0) is 62.1 Å². The lowest BCUT2D eigenvalue weighted by Crippen LogP contribution is -2.29. The van der Waals surface area contributed by atoms with Crippen molar-refractivity contribution in [1.82, 2.24) is 4.98 Å². The van der Waals surface area contributed by atoms with E-state index in [9.17, 15) is 0 Å². The van der Waals surface area contributed by atoms with Gasteiger partial charge in [0.15, 0.2) is 11.5 Å². The Morgan fingerprint density at radius 1 is 1.14 bits per heavy atom. The predicted octanol–water partition coefficient (Wildman–Crippen LogP) is 5.09. The largest absolute Gasteiger partial charge is 0.440 e. The fourth-order valence-electron chi connectivity index (χ4n) is 3.32. The third kappa shape index (κ3) is 2.78. The van der Waals surface area contributed by atoms with Crippen molar-refractivity contribution in [3.63, 3.8) is 0 Å². The molecule has 2 aliphatic carbocycles. The monoisotopic (exact) mass is 284 g/mol. The third-order valence-corrected chi connectivity index (χ3v) is 5.04. The highest BCUT2D eigenvalue weighted by atomic mass is 16.3. The molecule has 2 aromatic rings. The maximum Gasteiger partial charge on any atom is 0.198 e. The number of hydrogen-bond donors (Lipinski definition) is 1. The van der Waals surface area contributed by atoms with Gasteiger partial charge in [0.05, 0.1) is 0 Å². The second-order valence-electron chi connectivity index (χ2n) is 7.59. The summed E-state index contributed by atoms with van der Waals surface area (Å²) in [5.41, 5.74) is 3.63. The van der Waals surface area contributed by atoms with Gasteiger partial charge in [0.2, 0.25) is 0 Å². The van der Waals surface area contributed by atoms with Gasteiger partial charge in [0, 0.05) is 17.6 Å². The highest BCUT2D eigenvalue weighted by molar-refractivity contribution is 5.77. The molecule has 0 unspecified atom stereocenters. The number of nitrogens with one attached hydrogen (secondary N) is 1. The van der Waals surface area contributed by atoms with E-state index < -0.39 is 0 Å². The number of rotatable bonds is 3. The lowest BCUT2D eigenvalue weighted by molar-refractivity contribution is 0.232. The van der Waals surface area contributed by atoms with E-state index in [1.807, 2.05) is 0 Å². The van der Waals surface area contributed by atoms with Crippen molar-refractivity contribution in [2.24, 2.45) is 5.41 Å². The Morgan fingerprint density at radius 2 is 1.90 bits per heavy atom. The van der Waals surface area contributed by atoms with Gasteiger partial charge >= 0.3 is 0 Å². The third-order valence-electron chi connectivity index (χ3n) is 5.04. The number of benzene rings is 1. The van der Waals surface area contributed by atoms with Crippen LogP contribution in [0.25, 0.3) is 11.1 Å². The molecule has 0 amide bonds. The topological polar surface area (TPSA) is 38.1 Å². The normalized spacial score (nSPS) is 22.6. The van der Waals surface area contributed by atoms with Crippen LogP contribution in [0, 0.1) is 5.41 Å². The number of nitrogens with zero attached hydrogens (tertiary/aromatic N) is 1. The van der Waals surface area contributed by atoms with Crippen molar-refractivity contribution < 1.29 is 4.42 Å². The fourth-order valence-corrected chi connectivity index (χ4v) is 3.32. The van der Waals surface area contributed by atoms with E-state index in [2.05, 4.69) is 42.3 Å². The zero-order valence-corrected chi connectivity index (χ0v) is 13.0. The van der Waals surface area contributed by atoms with E-state index in [4.69, 9.17) is 4.42 Å². The molecule has 1 aromatic carbocycles. The van der Waals surface area contributed by atoms with Gasteiger partial charge in [-0.15, -0.1) is 0 Å². The summed E-state index contributed by atoms with van der Waals surface area (Å²) in [6.07, 6.45) is 7.60. The van der Waals surface area contributed by atoms with Crippen molar-refractivity contribution in [3.8, 4) is 0 Å². The van der Waals surface area contributed by atoms with Crippen molar-refractivity contribution in [1.29, 1.82) is 0 Å². The number of aromatic nitrogens is 1. The van der Waals surface area contributed by atoms with E-state index in [0.717, 1.165) is 17.0 Å². The minimum atomic E-state index is 0.521. The first-order valence-corrected chi connectivity index (χ1v) is 8.26. The van der Waals surface area contributed by atoms with Gasteiger partial charge < -0.3 is 9.73 Å². The molecule has 0 bridgehead atoms. The van der Waals surface area contributed by atoms with Gasteiger partial charge in [-0.1, -0.05) is 13.8 Å². The average Bonchev–Trinajstić information content (AvgIpc) is 3.21. The first kappa shape index (κ1) is 13.2. The van der Waals surface area contributed by atoms with Gasteiger partial charge in [-0.3, -0.25) is 0 Å². The highest BCUT2D eigenvalue weighted by Crippen LogP contribution is 2.41. The first-order valence-electron chi connectivity index (χ1n) is 8.26. The molecule has 0 radical (unpaired) electrons. The van der Waals surface area contributed by atoms with Crippen molar-refractivity contribution in [2.45, 2.75) is 64.3 Å². The van der Waals surface area contributed by atoms with Crippen LogP contribution in [0.5, 0.6) is 0 Å². The molecule has 1 aromatic heterocycles. The van der Waals surface area contributed by atoms with Crippen LogP contribution in [0.1, 0.15) is 64.2 Å². The Bertz CT molecular complexity index is 644. The molecule has 3 heteroatoms. The van der Waals surface area contributed by atoms with Crippen molar-refractivity contribution in [3.05, 3.63) is 24.1 Å². The Hall–Kier alpha value is -1.51.